The van der Waals surface area contributed by atoms with E-state index in [0.29, 0.717) is 10.8 Å². The number of hydrogen-bond acceptors (Lipinski definition) is 4. The van der Waals surface area contributed by atoms with Crippen LogP contribution in [-0.2, 0) is 10.0 Å². The molecule has 1 N–H and O–H groups in total. The van der Waals surface area contributed by atoms with Crippen molar-refractivity contribution < 1.29 is 21.6 Å². The van der Waals surface area contributed by atoms with E-state index in [9.17, 15) is 21.6 Å². The van der Waals surface area contributed by atoms with Crippen LogP contribution in [-0.4, -0.2) is 44.0 Å². The van der Waals surface area contributed by atoms with E-state index in [1.54, 1.807) is 6.92 Å². The lowest BCUT2D eigenvalue weighted by Gasteiger charge is -2.19. The fourth-order valence-electron chi connectivity index (χ4n) is 1.47. The van der Waals surface area contributed by atoms with Crippen LogP contribution in [0.15, 0.2) is 23.2 Å². The second-order valence-electron chi connectivity index (χ2n) is 4.07. The number of alkyl halides is 3. The monoisotopic (exact) mass is 311 g/mol. The minimum absolute atomic E-state index is 0.133. The zero-order chi connectivity index (χ0) is 15.4. The average Bonchev–Trinajstić information content (AvgIpc) is 2.36. The van der Waals surface area contributed by atoms with E-state index in [1.807, 2.05) is 0 Å². The number of pyridine rings is 1. The molecule has 0 amide bonds. The van der Waals surface area contributed by atoms with Crippen molar-refractivity contribution in [1.82, 2.24) is 9.29 Å². The zero-order valence-electron chi connectivity index (χ0n) is 11.1. The fourth-order valence-corrected chi connectivity index (χ4v) is 2.76. The van der Waals surface area contributed by atoms with Gasteiger partial charge in [0.05, 0.1) is 6.42 Å². The molecule has 0 atom stereocenters. The Morgan fingerprint density at radius 3 is 2.60 bits per heavy atom. The first-order valence-corrected chi connectivity index (χ1v) is 7.34. The summed E-state index contributed by atoms with van der Waals surface area (Å²) in [6.07, 6.45) is -4.19. The molecule has 5 nitrogen and oxygen atoms in total. The Bertz CT molecular complexity index is 546. The van der Waals surface area contributed by atoms with E-state index in [4.69, 9.17) is 0 Å². The maximum absolute atomic E-state index is 12.2. The molecule has 0 aliphatic rings. The van der Waals surface area contributed by atoms with Crippen LogP contribution in [0.2, 0.25) is 0 Å². The SMILES string of the molecule is CCNc1ncccc1S(=O)(=O)N(C)CCC(F)(F)F. The van der Waals surface area contributed by atoms with Gasteiger partial charge < -0.3 is 5.32 Å². The summed E-state index contributed by atoms with van der Waals surface area (Å²) in [5.74, 6) is 0.133. The van der Waals surface area contributed by atoms with Crippen LogP contribution < -0.4 is 5.32 Å². The van der Waals surface area contributed by atoms with E-state index in [0.717, 1.165) is 7.05 Å². The van der Waals surface area contributed by atoms with Crippen LogP contribution in [0, 0.1) is 0 Å². The van der Waals surface area contributed by atoms with Crippen LogP contribution in [0.1, 0.15) is 13.3 Å². The summed E-state index contributed by atoms with van der Waals surface area (Å²) in [5.41, 5.74) is 0. The summed E-state index contributed by atoms with van der Waals surface area (Å²) >= 11 is 0. The summed E-state index contributed by atoms with van der Waals surface area (Å²) < 4.78 is 61.6. The molecule has 0 aliphatic carbocycles. The fraction of sp³-hybridized carbons (Fsp3) is 0.545. The molecular formula is C11H16F3N3O2S. The Labute approximate surface area is 115 Å². The number of rotatable bonds is 6. The van der Waals surface area contributed by atoms with Crippen LogP contribution in [0.4, 0.5) is 19.0 Å². The molecule has 0 spiro atoms. The van der Waals surface area contributed by atoms with Crippen molar-refractivity contribution in [3.63, 3.8) is 0 Å². The predicted octanol–water partition coefficient (Wildman–Crippen LogP) is 2.09. The molecular weight excluding hydrogens is 295 g/mol. The quantitative estimate of drug-likeness (QED) is 0.874. The van der Waals surface area contributed by atoms with Crippen LogP contribution >= 0.6 is 0 Å². The maximum atomic E-state index is 12.2. The van der Waals surface area contributed by atoms with Crippen molar-refractivity contribution in [2.45, 2.75) is 24.4 Å². The lowest BCUT2D eigenvalue weighted by atomic mass is 10.4. The highest BCUT2D eigenvalue weighted by Gasteiger charge is 2.31. The minimum Gasteiger partial charge on any atom is -0.369 e. The third kappa shape index (κ3) is 4.34. The number of anilines is 1. The van der Waals surface area contributed by atoms with Gasteiger partial charge in [0.1, 0.15) is 10.7 Å². The second kappa shape index (κ2) is 6.40. The number of hydrogen-bond donors (Lipinski definition) is 1. The average molecular weight is 311 g/mol. The van der Waals surface area contributed by atoms with E-state index in [2.05, 4.69) is 10.3 Å². The molecule has 0 fully saturated rings. The number of aromatic nitrogens is 1. The summed E-state index contributed by atoms with van der Waals surface area (Å²) in [7, 11) is -2.89. The van der Waals surface area contributed by atoms with E-state index in [1.165, 1.54) is 18.3 Å². The maximum Gasteiger partial charge on any atom is 0.390 e. The molecule has 0 saturated heterocycles. The molecule has 0 aromatic carbocycles. The number of halogens is 3. The Morgan fingerprint density at radius 2 is 2.05 bits per heavy atom. The van der Waals surface area contributed by atoms with Crippen molar-refractivity contribution in [3.05, 3.63) is 18.3 Å². The topological polar surface area (TPSA) is 62.3 Å². The minimum atomic E-state index is -4.40. The Hall–Kier alpha value is -1.35. The number of nitrogens with one attached hydrogen (secondary N) is 1. The first-order chi connectivity index (χ1) is 9.18. The third-order valence-electron chi connectivity index (χ3n) is 2.51. The highest BCUT2D eigenvalue weighted by Crippen LogP contribution is 2.24. The lowest BCUT2D eigenvalue weighted by molar-refractivity contribution is -0.135. The van der Waals surface area contributed by atoms with Crippen molar-refractivity contribution >= 4 is 15.8 Å². The van der Waals surface area contributed by atoms with Crippen LogP contribution in [0.5, 0.6) is 0 Å². The van der Waals surface area contributed by atoms with Crippen molar-refractivity contribution in [2.24, 2.45) is 0 Å². The largest absolute Gasteiger partial charge is 0.390 e. The van der Waals surface area contributed by atoms with Gasteiger partial charge in [0.15, 0.2) is 0 Å². The Balaban J connectivity index is 2.98. The smallest absolute Gasteiger partial charge is 0.369 e. The normalized spacial score (nSPS) is 12.7. The molecule has 0 radical (unpaired) electrons. The van der Waals surface area contributed by atoms with Crippen molar-refractivity contribution in [2.75, 3.05) is 25.5 Å². The van der Waals surface area contributed by atoms with Crippen molar-refractivity contribution in [1.29, 1.82) is 0 Å². The van der Waals surface area contributed by atoms with Gasteiger partial charge in [-0.15, -0.1) is 0 Å². The molecule has 20 heavy (non-hydrogen) atoms. The van der Waals surface area contributed by atoms with Gasteiger partial charge in [0.2, 0.25) is 10.0 Å². The molecule has 0 aliphatic heterocycles. The summed E-state index contributed by atoms with van der Waals surface area (Å²) in [4.78, 5) is 3.75. The molecule has 0 bridgehead atoms. The summed E-state index contributed by atoms with van der Waals surface area (Å²) in [5, 5.41) is 2.77. The van der Waals surface area contributed by atoms with E-state index in [-0.39, 0.29) is 10.7 Å². The first kappa shape index (κ1) is 16.7. The highest BCUT2D eigenvalue weighted by molar-refractivity contribution is 7.89. The number of nitrogens with zero attached hydrogens (tertiary/aromatic N) is 2. The van der Waals surface area contributed by atoms with E-state index < -0.39 is 29.2 Å². The van der Waals surface area contributed by atoms with Gasteiger partial charge in [-0.3, -0.25) is 0 Å². The molecule has 9 heteroatoms. The summed E-state index contributed by atoms with van der Waals surface area (Å²) in [6.45, 7) is 1.58. The van der Waals surface area contributed by atoms with Gasteiger partial charge in [0, 0.05) is 26.3 Å². The van der Waals surface area contributed by atoms with Gasteiger partial charge >= 0.3 is 6.18 Å². The zero-order valence-corrected chi connectivity index (χ0v) is 11.9. The molecule has 0 unspecified atom stereocenters. The molecule has 0 saturated carbocycles. The van der Waals surface area contributed by atoms with Gasteiger partial charge in [0.25, 0.3) is 0 Å². The molecule has 1 heterocycles. The summed E-state index contributed by atoms with van der Waals surface area (Å²) in [6, 6.07) is 2.73. The standard InChI is InChI=1S/C11H16F3N3O2S/c1-3-15-10-9(5-4-7-16-10)20(18,19)17(2)8-6-11(12,13)14/h4-5,7H,3,6,8H2,1-2H3,(H,15,16). The first-order valence-electron chi connectivity index (χ1n) is 5.90. The van der Waals surface area contributed by atoms with Crippen LogP contribution in [0.3, 0.4) is 0 Å². The van der Waals surface area contributed by atoms with Crippen LogP contribution in [0.25, 0.3) is 0 Å². The molecule has 1 aromatic rings. The molecule has 1 rings (SSSR count). The molecule has 114 valence electrons. The van der Waals surface area contributed by atoms with Gasteiger partial charge in [-0.1, -0.05) is 0 Å². The second-order valence-corrected chi connectivity index (χ2v) is 6.09. The lowest BCUT2D eigenvalue weighted by Crippen LogP contribution is -2.31. The van der Waals surface area contributed by atoms with E-state index >= 15 is 0 Å². The third-order valence-corrected chi connectivity index (χ3v) is 4.40. The highest BCUT2D eigenvalue weighted by atomic mass is 32.2. The van der Waals surface area contributed by atoms with Gasteiger partial charge in [-0.2, -0.15) is 13.2 Å². The Kier molecular flexibility index (Phi) is 5.35. The van der Waals surface area contributed by atoms with Gasteiger partial charge in [-0.05, 0) is 19.1 Å². The van der Waals surface area contributed by atoms with Crippen molar-refractivity contribution in [3.8, 4) is 0 Å². The van der Waals surface area contributed by atoms with Gasteiger partial charge in [-0.25, -0.2) is 17.7 Å². The number of sulfonamides is 1. The Morgan fingerprint density at radius 1 is 1.40 bits per heavy atom. The predicted molar refractivity (Wildman–Crippen MR) is 68.9 cm³/mol. The molecule has 1 aromatic heterocycles.